The Morgan fingerprint density at radius 1 is 1.40 bits per heavy atom. The number of aromatic nitrogens is 2. The molecule has 0 bridgehead atoms. The highest BCUT2D eigenvalue weighted by Gasteiger charge is 2.23. The molecule has 20 heavy (non-hydrogen) atoms. The zero-order chi connectivity index (χ0) is 14.7. The van der Waals surface area contributed by atoms with E-state index in [0.29, 0.717) is 5.75 Å². The summed E-state index contributed by atoms with van der Waals surface area (Å²) in [5.74, 6) is 0.322. The summed E-state index contributed by atoms with van der Waals surface area (Å²) < 4.78 is 5.50. The van der Waals surface area contributed by atoms with Gasteiger partial charge < -0.3 is 4.74 Å². The van der Waals surface area contributed by atoms with E-state index in [2.05, 4.69) is 9.97 Å². The molecule has 2 aromatic rings. The van der Waals surface area contributed by atoms with Gasteiger partial charge in [0.1, 0.15) is 11.4 Å². The van der Waals surface area contributed by atoms with Gasteiger partial charge in [0, 0.05) is 0 Å². The first-order chi connectivity index (χ1) is 9.51. The number of aryl methyl sites for hydroxylation is 2. The zero-order valence-electron chi connectivity index (χ0n) is 11.0. The van der Waals surface area contributed by atoms with E-state index >= 15 is 0 Å². The first kappa shape index (κ1) is 14.2. The summed E-state index contributed by atoms with van der Waals surface area (Å²) >= 11 is 5.73. The van der Waals surface area contributed by atoms with Crippen LogP contribution in [0.2, 0.25) is 5.28 Å². The molecule has 0 saturated heterocycles. The molecule has 0 amide bonds. The maximum absolute atomic E-state index is 11.1. The summed E-state index contributed by atoms with van der Waals surface area (Å²) in [6.07, 6.45) is 0.836. The lowest BCUT2D eigenvalue weighted by molar-refractivity contribution is -0.386. The SMILES string of the molecule is CCc1cccc(Oc2nc(Cl)nc(C)c2[N+](=O)[O-])c1. The highest BCUT2D eigenvalue weighted by molar-refractivity contribution is 6.28. The summed E-state index contributed by atoms with van der Waals surface area (Å²) in [5.41, 5.74) is 0.940. The van der Waals surface area contributed by atoms with E-state index in [0.717, 1.165) is 12.0 Å². The Balaban J connectivity index is 2.44. The minimum Gasteiger partial charge on any atom is -0.434 e. The molecule has 1 heterocycles. The van der Waals surface area contributed by atoms with Gasteiger partial charge in [-0.2, -0.15) is 4.98 Å². The lowest BCUT2D eigenvalue weighted by Gasteiger charge is -2.07. The van der Waals surface area contributed by atoms with Gasteiger partial charge in [-0.1, -0.05) is 19.1 Å². The molecule has 6 nitrogen and oxygen atoms in total. The minimum absolute atomic E-state index is 0.0882. The number of hydrogen-bond donors (Lipinski definition) is 0. The van der Waals surface area contributed by atoms with Crippen molar-refractivity contribution in [3.05, 3.63) is 50.9 Å². The normalized spacial score (nSPS) is 10.3. The van der Waals surface area contributed by atoms with Crippen LogP contribution in [0, 0.1) is 17.0 Å². The molecule has 1 aromatic heterocycles. The number of ether oxygens (including phenoxy) is 1. The van der Waals surface area contributed by atoms with E-state index in [1.54, 1.807) is 12.1 Å². The van der Waals surface area contributed by atoms with Crippen molar-refractivity contribution in [2.45, 2.75) is 20.3 Å². The predicted octanol–water partition coefficient (Wildman–Crippen LogP) is 3.70. The molecule has 0 aliphatic rings. The van der Waals surface area contributed by atoms with Crippen LogP contribution >= 0.6 is 11.6 Å². The first-order valence-electron chi connectivity index (χ1n) is 5.96. The van der Waals surface area contributed by atoms with Crippen LogP contribution in [-0.2, 0) is 6.42 Å². The molecule has 1 aromatic carbocycles. The van der Waals surface area contributed by atoms with Crippen molar-refractivity contribution in [1.29, 1.82) is 0 Å². The van der Waals surface area contributed by atoms with Crippen molar-refractivity contribution >= 4 is 17.3 Å². The number of hydrogen-bond acceptors (Lipinski definition) is 5. The average Bonchev–Trinajstić information content (AvgIpc) is 2.37. The maximum atomic E-state index is 11.1. The summed E-state index contributed by atoms with van der Waals surface area (Å²) in [6, 6.07) is 7.26. The fraction of sp³-hybridized carbons (Fsp3) is 0.231. The fourth-order valence-corrected chi connectivity index (χ4v) is 1.93. The van der Waals surface area contributed by atoms with Crippen LogP contribution in [0.25, 0.3) is 0 Å². The van der Waals surface area contributed by atoms with E-state index in [1.165, 1.54) is 6.92 Å². The topological polar surface area (TPSA) is 78.2 Å². The standard InChI is InChI=1S/C13H12ClN3O3/c1-3-9-5-4-6-10(7-9)20-12-11(17(18)19)8(2)15-13(14)16-12/h4-7H,3H2,1-2H3. The molecule has 7 heteroatoms. The van der Waals surface area contributed by atoms with Crippen LogP contribution in [0.3, 0.4) is 0 Å². The minimum atomic E-state index is -0.579. The Hall–Kier alpha value is -2.21. The number of benzene rings is 1. The van der Waals surface area contributed by atoms with Gasteiger partial charge >= 0.3 is 11.6 Å². The van der Waals surface area contributed by atoms with Crippen molar-refractivity contribution in [3.8, 4) is 11.6 Å². The van der Waals surface area contributed by atoms with Gasteiger partial charge in [0.05, 0.1) is 4.92 Å². The maximum Gasteiger partial charge on any atom is 0.352 e. The summed E-state index contributed by atoms with van der Waals surface area (Å²) in [7, 11) is 0. The van der Waals surface area contributed by atoms with Crippen LogP contribution in [0.1, 0.15) is 18.2 Å². The van der Waals surface area contributed by atoms with Crippen molar-refractivity contribution in [2.75, 3.05) is 0 Å². The Labute approximate surface area is 120 Å². The van der Waals surface area contributed by atoms with Crippen LogP contribution in [0.5, 0.6) is 11.6 Å². The van der Waals surface area contributed by atoms with Crippen LogP contribution in [0.15, 0.2) is 24.3 Å². The number of nitrogens with zero attached hydrogens (tertiary/aromatic N) is 3. The lowest BCUT2D eigenvalue weighted by atomic mass is 10.2. The molecule has 104 valence electrons. The molecule has 0 radical (unpaired) electrons. The molecular formula is C13H12ClN3O3. The van der Waals surface area contributed by atoms with Crippen molar-refractivity contribution in [3.63, 3.8) is 0 Å². The fourth-order valence-electron chi connectivity index (χ4n) is 1.73. The average molecular weight is 294 g/mol. The molecule has 0 atom stereocenters. The molecular weight excluding hydrogens is 282 g/mol. The highest BCUT2D eigenvalue weighted by Crippen LogP contribution is 2.32. The Kier molecular flexibility index (Phi) is 4.14. The first-order valence-corrected chi connectivity index (χ1v) is 6.34. The van der Waals surface area contributed by atoms with Crippen LogP contribution in [0.4, 0.5) is 5.69 Å². The molecule has 0 aliphatic carbocycles. The van der Waals surface area contributed by atoms with Crippen molar-refractivity contribution in [2.24, 2.45) is 0 Å². The highest BCUT2D eigenvalue weighted by atomic mass is 35.5. The van der Waals surface area contributed by atoms with E-state index in [4.69, 9.17) is 16.3 Å². The predicted molar refractivity (Wildman–Crippen MR) is 74.3 cm³/mol. The van der Waals surface area contributed by atoms with Gasteiger partial charge in [0.25, 0.3) is 0 Å². The van der Waals surface area contributed by atoms with Gasteiger partial charge in [0.15, 0.2) is 0 Å². The number of nitro groups is 1. The largest absolute Gasteiger partial charge is 0.434 e. The van der Waals surface area contributed by atoms with Gasteiger partial charge in [-0.25, -0.2) is 4.98 Å². The molecule has 0 aliphatic heterocycles. The van der Waals surface area contributed by atoms with Crippen LogP contribution in [-0.4, -0.2) is 14.9 Å². The Bertz CT molecular complexity index is 661. The zero-order valence-corrected chi connectivity index (χ0v) is 11.7. The number of rotatable bonds is 4. The number of halogens is 1. The molecule has 2 rings (SSSR count). The second-order valence-corrected chi connectivity index (χ2v) is 4.43. The smallest absolute Gasteiger partial charge is 0.352 e. The monoisotopic (exact) mass is 293 g/mol. The summed E-state index contributed by atoms with van der Waals surface area (Å²) in [6.45, 7) is 3.49. The summed E-state index contributed by atoms with van der Waals surface area (Å²) in [5, 5.41) is 11.0. The van der Waals surface area contributed by atoms with Crippen LogP contribution < -0.4 is 4.74 Å². The van der Waals surface area contributed by atoms with E-state index in [9.17, 15) is 10.1 Å². The van der Waals surface area contributed by atoms with Crippen molar-refractivity contribution < 1.29 is 9.66 Å². The molecule has 0 spiro atoms. The summed E-state index contributed by atoms with van der Waals surface area (Å²) in [4.78, 5) is 18.1. The second-order valence-electron chi connectivity index (χ2n) is 4.09. The second kappa shape index (κ2) is 5.83. The van der Waals surface area contributed by atoms with E-state index < -0.39 is 4.92 Å². The van der Waals surface area contributed by atoms with E-state index in [-0.39, 0.29) is 22.5 Å². The third-order valence-electron chi connectivity index (χ3n) is 2.70. The molecule has 0 fully saturated rings. The quantitative estimate of drug-likeness (QED) is 0.488. The van der Waals surface area contributed by atoms with Gasteiger partial charge in [-0.05, 0) is 42.6 Å². The lowest BCUT2D eigenvalue weighted by Crippen LogP contribution is -2.01. The third kappa shape index (κ3) is 3.03. The Morgan fingerprint density at radius 3 is 2.80 bits per heavy atom. The molecule has 0 unspecified atom stereocenters. The van der Waals surface area contributed by atoms with Crippen molar-refractivity contribution in [1.82, 2.24) is 9.97 Å². The third-order valence-corrected chi connectivity index (χ3v) is 2.87. The van der Waals surface area contributed by atoms with E-state index in [1.807, 2.05) is 19.1 Å². The molecule has 0 saturated carbocycles. The van der Waals surface area contributed by atoms with Gasteiger partial charge in [-0.3, -0.25) is 10.1 Å². The Morgan fingerprint density at radius 2 is 2.15 bits per heavy atom. The van der Waals surface area contributed by atoms with Gasteiger partial charge in [-0.15, -0.1) is 0 Å². The van der Waals surface area contributed by atoms with Gasteiger partial charge in [0.2, 0.25) is 5.28 Å². The molecule has 0 N–H and O–H groups in total.